The number of hydrogen-bond donors (Lipinski definition) is 3. The van der Waals surface area contributed by atoms with E-state index < -0.39 is 0 Å². The predicted molar refractivity (Wildman–Crippen MR) is 109 cm³/mol. The van der Waals surface area contributed by atoms with Gasteiger partial charge in [-0.3, -0.25) is 9.79 Å². The van der Waals surface area contributed by atoms with Gasteiger partial charge in [0.1, 0.15) is 5.82 Å². The molecular weight excluding hydrogens is 438 g/mol. The maximum absolute atomic E-state index is 13.1. The number of carbonyl (C=O) groups is 1. The first kappa shape index (κ1) is 23.6. The Morgan fingerprint density at radius 3 is 2.60 bits per heavy atom. The van der Waals surface area contributed by atoms with E-state index in [1.165, 1.54) is 12.1 Å². The highest BCUT2D eigenvalue weighted by molar-refractivity contribution is 14.0. The van der Waals surface area contributed by atoms with Crippen LogP contribution in [0.5, 0.6) is 0 Å². The Morgan fingerprint density at radius 1 is 1.20 bits per heavy atom. The maximum atomic E-state index is 13.1. The average Bonchev–Trinajstić information content (AvgIpc) is 2.56. The molecule has 0 radical (unpaired) electrons. The van der Waals surface area contributed by atoms with Crippen LogP contribution in [0.25, 0.3) is 0 Å². The minimum Gasteiger partial charge on any atom is -0.382 e. The summed E-state index contributed by atoms with van der Waals surface area (Å²) in [5.41, 5.74) is 0.659. The quantitative estimate of drug-likeness (QED) is 0.213. The van der Waals surface area contributed by atoms with Crippen molar-refractivity contribution in [2.75, 3.05) is 39.9 Å². The summed E-state index contributed by atoms with van der Waals surface area (Å²) in [6.07, 6.45) is 1.07. The van der Waals surface area contributed by atoms with Crippen LogP contribution >= 0.6 is 24.0 Å². The SMILES string of the molecule is CCOCCCNC(=NC)NCCNC(=O)Cc1cccc(F)c1.I. The lowest BCUT2D eigenvalue weighted by atomic mass is 10.1. The lowest BCUT2D eigenvalue weighted by molar-refractivity contribution is -0.120. The van der Waals surface area contributed by atoms with Crippen LogP contribution in [0.2, 0.25) is 0 Å². The van der Waals surface area contributed by atoms with Crippen LogP contribution in [0.1, 0.15) is 18.9 Å². The lowest BCUT2D eigenvalue weighted by Crippen LogP contribution is -2.42. The summed E-state index contributed by atoms with van der Waals surface area (Å²) in [5, 5.41) is 9.07. The third-order valence-electron chi connectivity index (χ3n) is 3.18. The second-order valence-corrected chi connectivity index (χ2v) is 5.13. The molecule has 8 heteroatoms. The Hall–Kier alpha value is -1.42. The van der Waals surface area contributed by atoms with Gasteiger partial charge in [-0.25, -0.2) is 4.39 Å². The minimum absolute atomic E-state index is 0. The zero-order chi connectivity index (χ0) is 17.6. The minimum atomic E-state index is -0.332. The molecule has 25 heavy (non-hydrogen) atoms. The number of nitrogens with one attached hydrogen (secondary N) is 3. The lowest BCUT2D eigenvalue weighted by Gasteiger charge is -2.12. The van der Waals surface area contributed by atoms with Gasteiger partial charge in [0.05, 0.1) is 6.42 Å². The third kappa shape index (κ3) is 11.7. The van der Waals surface area contributed by atoms with Crippen molar-refractivity contribution >= 4 is 35.8 Å². The average molecular weight is 466 g/mol. The number of nitrogens with zero attached hydrogens (tertiary/aromatic N) is 1. The van der Waals surface area contributed by atoms with Gasteiger partial charge in [-0.05, 0) is 31.0 Å². The van der Waals surface area contributed by atoms with Crippen molar-refractivity contribution in [3.63, 3.8) is 0 Å². The molecule has 1 aromatic carbocycles. The molecule has 0 aromatic heterocycles. The molecule has 0 aliphatic rings. The van der Waals surface area contributed by atoms with Crippen LogP contribution in [0, 0.1) is 5.82 Å². The molecule has 0 heterocycles. The molecule has 0 aliphatic carbocycles. The van der Waals surface area contributed by atoms with E-state index in [1.807, 2.05) is 6.92 Å². The largest absolute Gasteiger partial charge is 0.382 e. The van der Waals surface area contributed by atoms with Crippen LogP contribution in [0.15, 0.2) is 29.3 Å². The van der Waals surface area contributed by atoms with Crippen LogP contribution in [0.4, 0.5) is 4.39 Å². The maximum Gasteiger partial charge on any atom is 0.224 e. The number of aliphatic imine (C=N–C) groups is 1. The second kappa shape index (κ2) is 14.9. The first-order chi connectivity index (χ1) is 11.7. The monoisotopic (exact) mass is 466 g/mol. The summed E-state index contributed by atoms with van der Waals surface area (Å²) in [6.45, 7) is 5.20. The van der Waals surface area contributed by atoms with Gasteiger partial charge in [0.15, 0.2) is 5.96 Å². The fraction of sp³-hybridized carbons (Fsp3) is 0.529. The van der Waals surface area contributed by atoms with Crippen molar-refractivity contribution in [2.24, 2.45) is 4.99 Å². The topological polar surface area (TPSA) is 74.8 Å². The highest BCUT2D eigenvalue weighted by Gasteiger charge is 2.04. The second-order valence-electron chi connectivity index (χ2n) is 5.13. The Balaban J connectivity index is 0.00000576. The summed E-state index contributed by atoms with van der Waals surface area (Å²) in [5.74, 6) is 0.217. The summed E-state index contributed by atoms with van der Waals surface area (Å²) in [4.78, 5) is 15.9. The molecule has 0 spiro atoms. The highest BCUT2D eigenvalue weighted by atomic mass is 127. The number of halogens is 2. The summed E-state index contributed by atoms with van der Waals surface area (Å²) >= 11 is 0. The van der Waals surface area contributed by atoms with Gasteiger partial charge < -0.3 is 20.7 Å². The fourth-order valence-electron chi connectivity index (χ4n) is 2.02. The van der Waals surface area contributed by atoms with Gasteiger partial charge in [0, 0.05) is 39.9 Å². The Bertz CT molecular complexity index is 529. The van der Waals surface area contributed by atoms with Crippen molar-refractivity contribution in [3.8, 4) is 0 Å². The molecule has 0 atom stereocenters. The van der Waals surface area contributed by atoms with Crippen molar-refractivity contribution in [3.05, 3.63) is 35.6 Å². The number of amides is 1. The van der Waals surface area contributed by atoms with E-state index in [2.05, 4.69) is 20.9 Å². The van der Waals surface area contributed by atoms with E-state index in [0.29, 0.717) is 24.6 Å². The van der Waals surface area contributed by atoms with Crippen LogP contribution in [0.3, 0.4) is 0 Å². The van der Waals surface area contributed by atoms with Gasteiger partial charge in [0.25, 0.3) is 0 Å². The molecule has 0 bridgehead atoms. The van der Waals surface area contributed by atoms with Gasteiger partial charge in [0.2, 0.25) is 5.91 Å². The number of ether oxygens (including phenoxy) is 1. The van der Waals surface area contributed by atoms with E-state index >= 15 is 0 Å². The molecule has 0 saturated heterocycles. The van der Waals surface area contributed by atoms with E-state index in [9.17, 15) is 9.18 Å². The normalized spacial score (nSPS) is 10.8. The molecule has 1 amide bonds. The van der Waals surface area contributed by atoms with Gasteiger partial charge in [-0.2, -0.15) is 0 Å². The zero-order valence-corrected chi connectivity index (χ0v) is 17.1. The van der Waals surface area contributed by atoms with E-state index in [0.717, 1.165) is 26.2 Å². The first-order valence-electron chi connectivity index (χ1n) is 8.19. The van der Waals surface area contributed by atoms with Crippen molar-refractivity contribution in [1.82, 2.24) is 16.0 Å². The Labute approximate surface area is 166 Å². The Morgan fingerprint density at radius 2 is 1.92 bits per heavy atom. The molecule has 6 nitrogen and oxygen atoms in total. The summed E-state index contributed by atoms with van der Waals surface area (Å²) < 4.78 is 18.3. The molecule has 142 valence electrons. The van der Waals surface area contributed by atoms with Gasteiger partial charge in [-0.1, -0.05) is 12.1 Å². The van der Waals surface area contributed by atoms with Crippen molar-refractivity contribution < 1.29 is 13.9 Å². The van der Waals surface area contributed by atoms with Gasteiger partial charge in [-0.15, -0.1) is 24.0 Å². The zero-order valence-electron chi connectivity index (χ0n) is 14.8. The first-order valence-corrected chi connectivity index (χ1v) is 8.19. The van der Waals surface area contributed by atoms with Crippen LogP contribution in [-0.4, -0.2) is 51.8 Å². The van der Waals surface area contributed by atoms with Crippen molar-refractivity contribution in [2.45, 2.75) is 19.8 Å². The standard InChI is InChI=1S/C17H27FN4O2.HI/c1-3-24-11-5-8-21-17(19-2)22-10-9-20-16(23)13-14-6-4-7-15(18)12-14;/h4,6-7,12H,3,5,8-11,13H2,1-2H3,(H,20,23)(H2,19,21,22);1H. The summed E-state index contributed by atoms with van der Waals surface area (Å²) in [7, 11) is 1.69. The fourth-order valence-corrected chi connectivity index (χ4v) is 2.02. The highest BCUT2D eigenvalue weighted by Crippen LogP contribution is 2.03. The molecule has 0 aliphatic heterocycles. The van der Waals surface area contributed by atoms with Crippen LogP contribution < -0.4 is 16.0 Å². The number of hydrogen-bond acceptors (Lipinski definition) is 3. The van der Waals surface area contributed by atoms with E-state index in [-0.39, 0.29) is 42.1 Å². The third-order valence-corrected chi connectivity index (χ3v) is 3.18. The predicted octanol–water partition coefficient (Wildman–Crippen LogP) is 1.69. The number of guanidine groups is 1. The van der Waals surface area contributed by atoms with Gasteiger partial charge >= 0.3 is 0 Å². The molecule has 1 aromatic rings. The number of rotatable bonds is 10. The molecule has 1 rings (SSSR count). The van der Waals surface area contributed by atoms with Crippen LogP contribution in [-0.2, 0) is 16.0 Å². The smallest absolute Gasteiger partial charge is 0.224 e. The molecule has 0 fully saturated rings. The molecule has 3 N–H and O–H groups in total. The number of benzene rings is 1. The van der Waals surface area contributed by atoms with E-state index in [1.54, 1.807) is 19.2 Å². The Kier molecular flexibility index (Phi) is 14.0. The molecule has 0 unspecified atom stereocenters. The van der Waals surface area contributed by atoms with E-state index in [4.69, 9.17) is 4.74 Å². The molecular formula is C17H28FIN4O2. The summed E-state index contributed by atoms with van der Waals surface area (Å²) in [6, 6.07) is 6.06. The molecule has 0 saturated carbocycles. The number of carbonyl (C=O) groups excluding carboxylic acids is 1. The van der Waals surface area contributed by atoms with Crippen molar-refractivity contribution in [1.29, 1.82) is 0 Å².